The molecule has 1 aliphatic heterocycles. The highest BCUT2D eigenvalue weighted by molar-refractivity contribution is 7.89. The van der Waals surface area contributed by atoms with Gasteiger partial charge in [-0.15, -0.1) is 0 Å². The summed E-state index contributed by atoms with van der Waals surface area (Å²) < 4.78 is 38.4. The third-order valence-corrected chi connectivity index (χ3v) is 7.28. The van der Waals surface area contributed by atoms with Gasteiger partial charge in [0.15, 0.2) is 0 Å². The van der Waals surface area contributed by atoms with Crippen LogP contribution in [0.4, 0.5) is 5.69 Å². The van der Waals surface area contributed by atoms with E-state index in [0.29, 0.717) is 25.1 Å². The Morgan fingerprint density at radius 3 is 2.57 bits per heavy atom. The van der Waals surface area contributed by atoms with Gasteiger partial charge in [0.25, 0.3) is 0 Å². The summed E-state index contributed by atoms with van der Waals surface area (Å²) in [5.74, 6) is 0.0830. The lowest BCUT2D eigenvalue weighted by Crippen LogP contribution is -2.43. The molecule has 0 unspecified atom stereocenters. The van der Waals surface area contributed by atoms with Crippen LogP contribution in [0.5, 0.6) is 11.5 Å². The van der Waals surface area contributed by atoms with Crippen molar-refractivity contribution in [3.05, 3.63) is 47.5 Å². The number of hydrogen-bond donors (Lipinski definition) is 1. The van der Waals surface area contributed by atoms with Gasteiger partial charge >= 0.3 is 0 Å². The number of rotatable bonds is 6. The van der Waals surface area contributed by atoms with Crippen molar-refractivity contribution in [2.24, 2.45) is 5.92 Å². The fraction of sp³-hybridized carbons (Fsp3) is 0.409. The number of nitrogens with zero attached hydrogens (tertiary/aromatic N) is 1. The number of carbonyl (C=O) groups excluding carboxylic acids is 1. The molecule has 0 radical (unpaired) electrons. The third kappa shape index (κ3) is 4.60. The van der Waals surface area contributed by atoms with E-state index in [1.54, 1.807) is 12.1 Å². The zero-order chi connectivity index (χ0) is 21.9. The van der Waals surface area contributed by atoms with Crippen LogP contribution in [0.3, 0.4) is 0 Å². The van der Waals surface area contributed by atoms with Gasteiger partial charge in [-0.05, 0) is 56.0 Å². The van der Waals surface area contributed by atoms with Crippen LogP contribution in [0, 0.1) is 19.8 Å². The normalized spacial score (nSPS) is 17.4. The van der Waals surface area contributed by atoms with Crippen molar-refractivity contribution < 1.29 is 22.7 Å². The fourth-order valence-corrected chi connectivity index (χ4v) is 5.30. The van der Waals surface area contributed by atoms with Crippen molar-refractivity contribution in [3.63, 3.8) is 0 Å². The number of sulfonamides is 1. The summed E-state index contributed by atoms with van der Waals surface area (Å²) in [6, 6.07) is 10.5. The van der Waals surface area contributed by atoms with E-state index in [9.17, 15) is 13.2 Å². The van der Waals surface area contributed by atoms with E-state index in [0.717, 1.165) is 16.8 Å². The summed E-state index contributed by atoms with van der Waals surface area (Å²) in [7, 11) is -0.936. The van der Waals surface area contributed by atoms with Crippen molar-refractivity contribution in [1.82, 2.24) is 4.31 Å². The number of carbonyl (C=O) groups is 1. The Hall–Kier alpha value is -2.58. The number of piperidine rings is 1. The molecule has 0 bridgehead atoms. The van der Waals surface area contributed by atoms with Crippen LogP contribution in [0.15, 0.2) is 41.3 Å². The molecule has 7 nitrogen and oxygen atoms in total. The standard InChI is InChI=1S/C22H28N2O5S/c1-15-7-8-16(2)19(12-15)23-22(25)17-6-5-11-24(14-17)30(26,27)21-13-18(28-3)9-10-20(21)29-4/h7-10,12-13,17H,5-6,11,14H2,1-4H3,(H,23,25)/t17-/m0/s1. The molecule has 1 fully saturated rings. The Balaban J connectivity index is 1.81. The Morgan fingerprint density at radius 1 is 1.10 bits per heavy atom. The summed E-state index contributed by atoms with van der Waals surface area (Å²) in [5.41, 5.74) is 2.78. The van der Waals surface area contributed by atoms with Crippen molar-refractivity contribution >= 4 is 21.6 Å². The van der Waals surface area contributed by atoms with E-state index in [2.05, 4.69) is 5.32 Å². The molecule has 2 aromatic rings. The third-order valence-electron chi connectivity index (χ3n) is 5.39. The molecular weight excluding hydrogens is 404 g/mol. The second-order valence-electron chi connectivity index (χ2n) is 7.53. The maximum absolute atomic E-state index is 13.3. The Bertz CT molecular complexity index is 1040. The largest absolute Gasteiger partial charge is 0.497 e. The topological polar surface area (TPSA) is 84.9 Å². The quantitative estimate of drug-likeness (QED) is 0.757. The molecular formula is C22H28N2O5S. The molecule has 30 heavy (non-hydrogen) atoms. The van der Waals surface area contributed by atoms with E-state index in [1.165, 1.54) is 24.6 Å². The molecule has 3 rings (SSSR count). The molecule has 2 aromatic carbocycles. The lowest BCUT2D eigenvalue weighted by molar-refractivity contribution is -0.120. The second-order valence-corrected chi connectivity index (χ2v) is 9.43. The molecule has 1 saturated heterocycles. The Morgan fingerprint density at radius 2 is 1.87 bits per heavy atom. The molecule has 162 valence electrons. The number of anilines is 1. The van der Waals surface area contributed by atoms with E-state index in [4.69, 9.17) is 9.47 Å². The van der Waals surface area contributed by atoms with Gasteiger partial charge in [0.2, 0.25) is 15.9 Å². The molecule has 8 heteroatoms. The van der Waals surface area contributed by atoms with Gasteiger partial charge in [-0.2, -0.15) is 4.31 Å². The summed E-state index contributed by atoms with van der Waals surface area (Å²) in [6.45, 7) is 4.38. The molecule has 1 heterocycles. The Labute approximate surface area is 178 Å². The average Bonchev–Trinajstić information content (AvgIpc) is 2.75. The first-order chi connectivity index (χ1) is 14.3. The lowest BCUT2D eigenvalue weighted by atomic mass is 9.98. The summed E-state index contributed by atoms with van der Waals surface area (Å²) in [5, 5.41) is 2.97. The van der Waals surface area contributed by atoms with Crippen molar-refractivity contribution in [1.29, 1.82) is 0 Å². The predicted molar refractivity (Wildman–Crippen MR) is 116 cm³/mol. The maximum Gasteiger partial charge on any atom is 0.246 e. The summed E-state index contributed by atoms with van der Waals surface area (Å²) >= 11 is 0. The molecule has 0 aliphatic carbocycles. The second kappa shape index (κ2) is 9.06. The number of aryl methyl sites for hydroxylation is 2. The van der Waals surface area contributed by atoms with Gasteiger partial charge in [0, 0.05) is 24.8 Å². The van der Waals surface area contributed by atoms with Crippen LogP contribution in [0.25, 0.3) is 0 Å². The number of benzene rings is 2. The molecule has 1 N–H and O–H groups in total. The van der Waals surface area contributed by atoms with Crippen LogP contribution >= 0.6 is 0 Å². The highest BCUT2D eigenvalue weighted by Crippen LogP contribution is 2.33. The minimum Gasteiger partial charge on any atom is -0.497 e. The Kier molecular flexibility index (Phi) is 6.67. The van der Waals surface area contributed by atoms with Gasteiger partial charge in [-0.1, -0.05) is 12.1 Å². The van der Waals surface area contributed by atoms with E-state index in [-0.39, 0.29) is 23.1 Å². The highest BCUT2D eigenvalue weighted by Gasteiger charge is 2.35. The molecule has 1 atom stereocenters. The van der Waals surface area contributed by atoms with E-state index >= 15 is 0 Å². The van der Waals surface area contributed by atoms with Gasteiger partial charge in [0.05, 0.1) is 20.1 Å². The molecule has 0 aromatic heterocycles. The zero-order valence-corrected chi connectivity index (χ0v) is 18.6. The highest BCUT2D eigenvalue weighted by atomic mass is 32.2. The average molecular weight is 433 g/mol. The van der Waals surface area contributed by atoms with Crippen LogP contribution in [-0.4, -0.2) is 45.9 Å². The van der Waals surface area contributed by atoms with E-state index < -0.39 is 15.9 Å². The fourth-order valence-electron chi connectivity index (χ4n) is 3.60. The number of nitrogens with one attached hydrogen (secondary N) is 1. The summed E-state index contributed by atoms with van der Waals surface area (Å²) in [4.78, 5) is 12.9. The van der Waals surface area contributed by atoms with Gasteiger partial charge in [0.1, 0.15) is 16.4 Å². The van der Waals surface area contributed by atoms with Gasteiger partial charge in [-0.3, -0.25) is 4.79 Å². The molecule has 1 aliphatic rings. The van der Waals surface area contributed by atoms with Crippen LogP contribution < -0.4 is 14.8 Å². The van der Waals surface area contributed by atoms with Crippen molar-refractivity contribution in [3.8, 4) is 11.5 Å². The first-order valence-corrected chi connectivity index (χ1v) is 11.3. The first-order valence-electron chi connectivity index (χ1n) is 9.86. The van der Waals surface area contributed by atoms with Gasteiger partial charge in [-0.25, -0.2) is 8.42 Å². The van der Waals surface area contributed by atoms with Crippen LogP contribution in [0.1, 0.15) is 24.0 Å². The van der Waals surface area contributed by atoms with Crippen molar-refractivity contribution in [2.75, 3.05) is 32.6 Å². The monoisotopic (exact) mass is 432 g/mol. The van der Waals surface area contributed by atoms with Crippen molar-refractivity contribution in [2.45, 2.75) is 31.6 Å². The minimum absolute atomic E-state index is 0.0416. The van der Waals surface area contributed by atoms with E-state index in [1.807, 2.05) is 32.0 Å². The van der Waals surface area contributed by atoms with Gasteiger partial charge < -0.3 is 14.8 Å². The molecule has 0 saturated carbocycles. The smallest absolute Gasteiger partial charge is 0.246 e. The zero-order valence-electron chi connectivity index (χ0n) is 17.8. The first kappa shape index (κ1) is 22.1. The minimum atomic E-state index is -3.84. The molecule has 0 spiro atoms. The number of hydrogen-bond acceptors (Lipinski definition) is 5. The SMILES string of the molecule is COc1ccc(OC)c(S(=O)(=O)N2CCC[C@H](C(=O)Nc3cc(C)ccc3C)C2)c1. The molecule has 1 amide bonds. The number of amides is 1. The van der Waals surface area contributed by atoms with Crippen LogP contribution in [0.2, 0.25) is 0 Å². The maximum atomic E-state index is 13.3. The summed E-state index contributed by atoms with van der Waals surface area (Å²) in [6.07, 6.45) is 1.24. The van der Waals surface area contributed by atoms with Crippen LogP contribution in [-0.2, 0) is 14.8 Å². The number of methoxy groups -OCH3 is 2. The lowest BCUT2D eigenvalue weighted by Gasteiger charge is -2.31. The predicted octanol–water partition coefficient (Wildman–Crippen LogP) is 3.36. The number of ether oxygens (including phenoxy) is 2.